The Balaban J connectivity index is 4.32. The number of nitrogens with two attached hydrogens (primary N) is 1. The van der Waals surface area contributed by atoms with Gasteiger partial charge < -0.3 is 25.8 Å². The molecule has 180 valence electrons. The van der Waals surface area contributed by atoms with E-state index >= 15 is 0 Å². The normalized spacial score (nSPS) is 16.5. The number of allylic oxidation sites excluding steroid dienone is 1. The summed E-state index contributed by atoms with van der Waals surface area (Å²) in [6.45, 7) is 4.38. The van der Waals surface area contributed by atoms with Crippen LogP contribution in [0.3, 0.4) is 0 Å². The molecule has 0 aromatic rings. The number of carboxylic acid groups (broad SMARTS) is 1. The van der Waals surface area contributed by atoms with Crippen molar-refractivity contribution in [2.24, 2.45) is 5.73 Å². The van der Waals surface area contributed by atoms with Gasteiger partial charge in [-0.25, -0.2) is 0 Å². The highest BCUT2D eigenvalue weighted by atomic mass is 16.6. The van der Waals surface area contributed by atoms with Gasteiger partial charge in [-0.1, -0.05) is 45.1 Å². The molecule has 0 aliphatic carbocycles. The smallest absolute Gasteiger partial charge is 0.326 e. The number of ether oxygens (including phenoxy) is 1. The summed E-state index contributed by atoms with van der Waals surface area (Å²) >= 11 is 0. The van der Waals surface area contributed by atoms with Crippen LogP contribution in [0.15, 0.2) is 12.2 Å². The predicted molar refractivity (Wildman–Crippen MR) is 118 cm³/mol. The number of hydrogen-bond acceptors (Lipinski definition) is 7. The monoisotopic (exact) mass is 443 g/mol. The lowest BCUT2D eigenvalue weighted by Gasteiger charge is -2.32. The van der Waals surface area contributed by atoms with Crippen LogP contribution < -0.4 is 5.73 Å². The molecule has 0 saturated carbocycles. The maximum absolute atomic E-state index is 11.8. The molecule has 0 rings (SSSR count). The number of ketones is 1. The number of esters is 1. The molecule has 0 fully saturated rings. The molecule has 8 heteroatoms. The van der Waals surface area contributed by atoms with E-state index in [1.165, 1.54) is 18.9 Å². The van der Waals surface area contributed by atoms with Gasteiger partial charge in [0.2, 0.25) is 0 Å². The molecule has 0 aromatic carbocycles. The number of unbranched alkanes of at least 4 members (excludes halogenated alkanes) is 7. The van der Waals surface area contributed by atoms with Gasteiger partial charge in [0, 0.05) is 19.8 Å². The highest BCUT2D eigenvalue weighted by molar-refractivity contribution is 5.79. The Labute approximate surface area is 185 Å². The first-order valence-corrected chi connectivity index (χ1v) is 11.3. The van der Waals surface area contributed by atoms with Gasteiger partial charge in [0.25, 0.3) is 0 Å². The molecule has 0 amide bonds. The fourth-order valence-corrected chi connectivity index (χ4v) is 3.12. The van der Waals surface area contributed by atoms with Crippen LogP contribution in [0.25, 0.3) is 0 Å². The molecule has 5 N–H and O–H groups in total. The number of aliphatic carboxylic acids is 1. The van der Waals surface area contributed by atoms with E-state index in [1.807, 2.05) is 0 Å². The minimum Gasteiger partial charge on any atom is -0.480 e. The van der Waals surface area contributed by atoms with Crippen LogP contribution in [-0.4, -0.2) is 56.9 Å². The maximum atomic E-state index is 11.8. The molecule has 0 unspecified atom stereocenters. The molecular formula is C23H41NO7. The van der Waals surface area contributed by atoms with E-state index in [0.29, 0.717) is 25.0 Å². The van der Waals surface area contributed by atoms with Crippen molar-refractivity contribution >= 4 is 17.7 Å². The summed E-state index contributed by atoms with van der Waals surface area (Å²) in [5.41, 5.74) is 3.46. The topological polar surface area (TPSA) is 147 Å². The van der Waals surface area contributed by atoms with Crippen molar-refractivity contribution in [1.29, 1.82) is 0 Å². The number of hydrogen-bond donors (Lipinski definition) is 4. The Morgan fingerprint density at radius 2 is 1.55 bits per heavy atom. The van der Waals surface area contributed by atoms with Crippen LogP contribution in [0.4, 0.5) is 0 Å². The van der Waals surface area contributed by atoms with Crippen molar-refractivity contribution in [3.8, 4) is 0 Å². The Morgan fingerprint density at radius 3 is 2.06 bits per heavy atom. The zero-order valence-electron chi connectivity index (χ0n) is 19.2. The number of aliphatic hydroxyl groups excluding tert-OH is 2. The maximum Gasteiger partial charge on any atom is 0.326 e. The van der Waals surface area contributed by atoms with E-state index in [1.54, 1.807) is 6.08 Å². The van der Waals surface area contributed by atoms with E-state index in [0.717, 1.165) is 52.4 Å². The minimum absolute atomic E-state index is 0.334. The molecule has 0 aliphatic heterocycles. The molecular weight excluding hydrogens is 402 g/mol. The molecule has 0 aromatic heterocycles. The van der Waals surface area contributed by atoms with Crippen LogP contribution >= 0.6 is 0 Å². The van der Waals surface area contributed by atoms with E-state index < -0.39 is 35.8 Å². The largest absolute Gasteiger partial charge is 0.480 e. The molecule has 0 bridgehead atoms. The highest BCUT2D eigenvalue weighted by Gasteiger charge is 2.43. The van der Waals surface area contributed by atoms with E-state index in [4.69, 9.17) is 15.6 Å². The van der Waals surface area contributed by atoms with Crippen molar-refractivity contribution in [2.45, 2.75) is 115 Å². The quantitative estimate of drug-likeness (QED) is 0.144. The van der Waals surface area contributed by atoms with Crippen LogP contribution in [0, 0.1) is 0 Å². The van der Waals surface area contributed by atoms with Crippen molar-refractivity contribution in [3.63, 3.8) is 0 Å². The van der Waals surface area contributed by atoms with Crippen LogP contribution in [-0.2, 0) is 19.1 Å². The SMILES string of the molecule is CCCCCCC(=O)CCCCCC/C=C/[C@H](OC(C)=O)[C@@H](O)[C@H](O)[C@](C)(N)C(=O)O. The standard InChI is InChI=1S/C23H41NO7/c1-4-5-6-11-14-18(26)15-12-9-7-8-10-13-16-19(31-17(2)25)20(27)21(28)23(3,24)22(29)30/h13,16,19-21,27-28H,4-12,14-15,24H2,1-3H3,(H,29,30)/b16-13+/t19-,20+,21-,23-/m0/s1. The fourth-order valence-electron chi connectivity index (χ4n) is 3.12. The molecule has 8 nitrogen and oxygen atoms in total. The van der Waals surface area contributed by atoms with Gasteiger partial charge in [0.1, 0.15) is 29.6 Å². The number of rotatable bonds is 18. The number of carbonyl (C=O) groups excluding carboxylic acids is 2. The number of Topliss-reactive ketones (excluding diaryl/α,β-unsaturated/α-hetero) is 1. The average molecular weight is 444 g/mol. The van der Waals surface area contributed by atoms with Gasteiger partial charge in [0.05, 0.1) is 0 Å². The van der Waals surface area contributed by atoms with Gasteiger partial charge >= 0.3 is 11.9 Å². The van der Waals surface area contributed by atoms with Crippen molar-refractivity contribution in [2.75, 3.05) is 0 Å². The van der Waals surface area contributed by atoms with E-state index in [9.17, 15) is 24.6 Å². The van der Waals surface area contributed by atoms with Gasteiger partial charge in [-0.3, -0.25) is 14.4 Å². The van der Waals surface area contributed by atoms with Crippen LogP contribution in [0.2, 0.25) is 0 Å². The molecule has 0 heterocycles. The predicted octanol–water partition coefficient (Wildman–Crippen LogP) is 2.88. The molecule has 0 aliphatic rings. The van der Waals surface area contributed by atoms with Crippen LogP contribution in [0.1, 0.15) is 91.4 Å². The summed E-state index contributed by atoms with van der Waals surface area (Å²) in [7, 11) is 0. The van der Waals surface area contributed by atoms with Gasteiger partial charge in [-0.15, -0.1) is 0 Å². The van der Waals surface area contributed by atoms with Crippen molar-refractivity contribution < 1.29 is 34.4 Å². The van der Waals surface area contributed by atoms with Crippen molar-refractivity contribution in [1.82, 2.24) is 0 Å². The second-order valence-corrected chi connectivity index (χ2v) is 8.33. The molecule has 31 heavy (non-hydrogen) atoms. The van der Waals surface area contributed by atoms with E-state index in [2.05, 4.69) is 6.92 Å². The van der Waals surface area contributed by atoms with E-state index in [-0.39, 0.29) is 0 Å². The second kappa shape index (κ2) is 15.9. The third-order valence-corrected chi connectivity index (χ3v) is 5.25. The Morgan fingerprint density at radius 1 is 1.00 bits per heavy atom. The summed E-state index contributed by atoms with van der Waals surface area (Å²) in [4.78, 5) is 34.3. The summed E-state index contributed by atoms with van der Waals surface area (Å²) < 4.78 is 5.01. The first kappa shape index (κ1) is 29.2. The lowest BCUT2D eigenvalue weighted by molar-refractivity contribution is -0.161. The average Bonchev–Trinajstić information content (AvgIpc) is 2.70. The summed E-state index contributed by atoms with van der Waals surface area (Å²) in [5.74, 6) is -1.82. The summed E-state index contributed by atoms with van der Waals surface area (Å²) in [6, 6.07) is 0. The Hall–Kier alpha value is -1.77. The van der Waals surface area contributed by atoms with Gasteiger partial charge in [-0.2, -0.15) is 0 Å². The first-order chi connectivity index (χ1) is 14.5. The second-order valence-electron chi connectivity index (χ2n) is 8.33. The number of carboxylic acids is 1. The third-order valence-electron chi connectivity index (χ3n) is 5.25. The zero-order valence-corrected chi connectivity index (χ0v) is 19.2. The fraction of sp³-hybridized carbons (Fsp3) is 0.783. The molecule has 0 spiro atoms. The summed E-state index contributed by atoms with van der Waals surface area (Å²) in [5, 5.41) is 29.5. The zero-order chi connectivity index (χ0) is 23.9. The first-order valence-electron chi connectivity index (χ1n) is 11.3. The summed E-state index contributed by atoms with van der Waals surface area (Å²) in [6.07, 6.45) is 8.47. The Kier molecular flexibility index (Phi) is 15.0. The molecule has 0 saturated heterocycles. The molecule has 0 radical (unpaired) electrons. The molecule has 4 atom stereocenters. The Bertz CT molecular complexity index is 574. The lowest BCUT2D eigenvalue weighted by atomic mass is 9.89. The van der Waals surface area contributed by atoms with Gasteiger partial charge in [0.15, 0.2) is 0 Å². The minimum atomic E-state index is -2.10. The van der Waals surface area contributed by atoms with Gasteiger partial charge in [-0.05, 0) is 38.7 Å². The number of carbonyl (C=O) groups is 3. The number of aliphatic hydroxyl groups is 2. The lowest BCUT2D eigenvalue weighted by Crippen LogP contribution is -2.61. The third kappa shape index (κ3) is 12.6. The highest BCUT2D eigenvalue weighted by Crippen LogP contribution is 2.17. The van der Waals surface area contributed by atoms with Crippen LogP contribution in [0.5, 0.6) is 0 Å². The van der Waals surface area contributed by atoms with Crippen molar-refractivity contribution in [3.05, 3.63) is 12.2 Å².